The van der Waals surface area contributed by atoms with E-state index in [4.69, 9.17) is 9.47 Å². The Morgan fingerprint density at radius 1 is 1.00 bits per heavy atom. The fourth-order valence-electron chi connectivity index (χ4n) is 4.47. The van der Waals surface area contributed by atoms with Crippen LogP contribution in [0.1, 0.15) is 5.56 Å². The first kappa shape index (κ1) is 20.9. The molecule has 1 N–H and O–H groups in total. The zero-order chi connectivity index (χ0) is 23.8. The molecular weight excluding hydrogens is 442 g/mol. The lowest BCUT2D eigenvalue weighted by Crippen LogP contribution is -2.38. The van der Waals surface area contributed by atoms with Crippen LogP contribution in [-0.2, 0) is 11.2 Å². The van der Waals surface area contributed by atoms with Gasteiger partial charge in [0.25, 0.3) is 5.56 Å². The van der Waals surface area contributed by atoms with Crippen LogP contribution in [-0.4, -0.2) is 29.0 Å². The van der Waals surface area contributed by atoms with E-state index in [1.165, 1.54) is 0 Å². The summed E-state index contributed by atoms with van der Waals surface area (Å²) < 4.78 is 12.1. The Kier molecular flexibility index (Phi) is 5.15. The van der Waals surface area contributed by atoms with Crippen molar-refractivity contribution in [3.63, 3.8) is 0 Å². The highest BCUT2D eigenvalue weighted by Crippen LogP contribution is 2.38. The number of rotatable bonds is 4. The zero-order valence-corrected chi connectivity index (χ0v) is 18.7. The van der Waals surface area contributed by atoms with Crippen LogP contribution in [0.4, 0.5) is 5.69 Å². The number of H-pyrrole nitrogens is 1. The monoisotopic (exact) mass is 463 g/mol. The van der Waals surface area contributed by atoms with Crippen molar-refractivity contribution in [1.82, 2.24) is 9.97 Å². The minimum atomic E-state index is -0.194. The van der Waals surface area contributed by atoms with Crippen molar-refractivity contribution < 1.29 is 14.3 Å². The van der Waals surface area contributed by atoms with E-state index >= 15 is 0 Å². The van der Waals surface area contributed by atoms with Crippen LogP contribution in [0.3, 0.4) is 0 Å². The van der Waals surface area contributed by atoms with Crippen LogP contribution in [0.2, 0.25) is 0 Å². The number of ether oxygens (including phenoxy) is 2. The Balaban J connectivity index is 1.34. The first-order valence-corrected chi connectivity index (χ1v) is 11.4. The Labute approximate surface area is 200 Å². The van der Waals surface area contributed by atoms with Gasteiger partial charge in [-0.2, -0.15) is 0 Å². The van der Waals surface area contributed by atoms with E-state index in [1.54, 1.807) is 29.3 Å². The van der Waals surface area contributed by atoms with Gasteiger partial charge < -0.3 is 19.4 Å². The lowest BCUT2D eigenvalue weighted by molar-refractivity contribution is -0.118. The van der Waals surface area contributed by atoms with Crippen molar-refractivity contribution in [3.05, 3.63) is 101 Å². The van der Waals surface area contributed by atoms with E-state index in [9.17, 15) is 9.59 Å². The average molecular weight is 463 g/mol. The molecule has 0 radical (unpaired) electrons. The van der Waals surface area contributed by atoms with Crippen molar-refractivity contribution >= 4 is 33.4 Å². The van der Waals surface area contributed by atoms with Gasteiger partial charge in [0.1, 0.15) is 29.5 Å². The fourth-order valence-corrected chi connectivity index (χ4v) is 4.47. The molecule has 35 heavy (non-hydrogen) atoms. The predicted octanol–water partition coefficient (Wildman–Crippen LogP) is 4.84. The van der Waals surface area contributed by atoms with E-state index in [2.05, 4.69) is 9.97 Å². The summed E-state index contributed by atoms with van der Waals surface area (Å²) in [6.07, 6.45) is 1.92. The molecule has 6 rings (SSSR count). The molecule has 0 saturated carbocycles. The summed E-state index contributed by atoms with van der Waals surface area (Å²) in [5.74, 6) is 1.73. The summed E-state index contributed by atoms with van der Waals surface area (Å²) in [6.45, 7) is 0.897. The normalized spacial score (nSPS) is 12.9. The third-order valence-corrected chi connectivity index (χ3v) is 6.11. The van der Waals surface area contributed by atoms with E-state index < -0.39 is 0 Å². The number of nitrogens with one attached hydrogen (secondary N) is 1. The summed E-state index contributed by atoms with van der Waals surface area (Å²) in [5, 5.41) is 2.06. The molecule has 5 aromatic rings. The van der Waals surface area contributed by atoms with Crippen molar-refractivity contribution in [2.24, 2.45) is 0 Å². The molecule has 172 valence electrons. The third-order valence-electron chi connectivity index (χ3n) is 6.11. The van der Waals surface area contributed by atoms with Gasteiger partial charge in [0.15, 0.2) is 0 Å². The second-order valence-corrected chi connectivity index (χ2v) is 8.32. The summed E-state index contributed by atoms with van der Waals surface area (Å²) in [6, 6.07) is 24.3. The van der Waals surface area contributed by atoms with Crippen molar-refractivity contribution in [3.8, 4) is 17.2 Å². The maximum atomic E-state index is 13.0. The molecule has 1 aliphatic heterocycles. The number of nitrogens with zero attached hydrogens (tertiary/aromatic N) is 2. The molecule has 7 nitrogen and oxygen atoms in total. The molecule has 0 spiro atoms. The maximum absolute atomic E-state index is 13.0. The number of hydrogen-bond acceptors (Lipinski definition) is 5. The maximum Gasteiger partial charge on any atom is 0.257 e. The van der Waals surface area contributed by atoms with Gasteiger partial charge in [-0.15, -0.1) is 0 Å². The number of aromatic amines is 1. The topological polar surface area (TPSA) is 84.5 Å². The van der Waals surface area contributed by atoms with Crippen LogP contribution in [0, 0.1) is 0 Å². The number of pyridine rings is 2. The SMILES string of the molecule is O=C(Cc1ccccc1)N1CCOc2cc(Oc3ccnc4[nH]c(=O)c5ccccc5c34)ccc21. The van der Waals surface area contributed by atoms with Gasteiger partial charge in [-0.25, -0.2) is 4.98 Å². The van der Waals surface area contributed by atoms with Gasteiger partial charge in [-0.3, -0.25) is 9.59 Å². The highest BCUT2D eigenvalue weighted by Gasteiger charge is 2.24. The first-order chi connectivity index (χ1) is 17.2. The largest absolute Gasteiger partial charge is 0.489 e. The van der Waals surface area contributed by atoms with Crippen molar-refractivity contribution in [1.29, 1.82) is 0 Å². The molecule has 0 bridgehead atoms. The highest BCUT2D eigenvalue weighted by atomic mass is 16.5. The van der Waals surface area contributed by atoms with Crippen LogP contribution in [0.25, 0.3) is 21.8 Å². The van der Waals surface area contributed by atoms with Crippen molar-refractivity contribution in [2.45, 2.75) is 6.42 Å². The minimum absolute atomic E-state index is 0.0185. The van der Waals surface area contributed by atoms with Gasteiger partial charge in [0.05, 0.1) is 24.0 Å². The molecular formula is C28H21N3O4. The highest BCUT2D eigenvalue weighted by molar-refractivity contribution is 6.07. The Morgan fingerprint density at radius 2 is 1.80 bits per heavy atom. The Hall–Kier alpha value is -4.65. The molecule has 0 fully saturated rings. The molecule has 7 heteroatoms. The van der Waals surface area contributed by atoms with Crippen LogP contribution < -0.4 is 19.9 Å². The quantitative estimate of drug-likeness (QED) is 0.386. The molecule has 0 unspecified atom stereocenters. The van der Waals surface area contributed by atoms with Crippen LogP contribution in [0.5, 0.6) is 17.2 Å². The van der Waals surface area contributed by atoms with E-state index in [-0.39, 0.29) is 11.5 Å². The second kappa shape index (κ2) is 8.61. The fraction of sp³-hybridized carbons (Fsp3) is 0.107. The van der Waals surface area contributed by atoms with Gasteiger partial charge >= 0.3 is 0 Å². The van der Waals surface area contributed by atoms with Gasteiger partial charge in [-0.05, 0) is 29.8 Å². The number of aromatic nitrogens is 2. The average Bonchev–Trinajstić information content (AvgIpc) is 2.89. The smallest absolute Gasteiger partial charge is 0.257 e. The Bertz CT molecular complexity index is 1630. The lowest BCUT2D eigenvalue weighted by atomic mass is 10.1. The molecule has 3 heterocycles. The molecule has 0 saturated heterocycles. The summed E-state index contributed by atoms with van der Waals surface area (Å²) in [7, 11) is 0. The van der Waals surface area contributed by atoms with E-state index in [0.717, 1.165) is 22.0 Å². The van der Waals surface area contributed by atoms with Crippen molar-refractivity contribution in [2.75, 3.05) is 18.1 Å². The standard InChI is InChI=1S/C28H21N3O4/c32-25(16-18-6-2-1-3-7-18)31-14-15-34-24-17-19(10-11-22(24)31)35-23-12-13-29-27-26(23)20-8-4-5-9-21(20)28(33)30-27/h1-13,17H,14-16H2,(H,29,30,33). The summed E-state index contributed by atoms with van der Waals surface area (Å²) >= 11 is 0. The number of carbonyl (C=O) groups excluding carboxylic acids is 1. The number of fused-ring (bicyclic) bond motifs is 4. The molecule has 3 aromatic carbocycles. The molecule has 2 aromatic heterocycles. The molecule has 1 amide bonds. The van der Waals surface area contributed by atoms with Crippen LogP contribution in [0.15, 0.2) is 89.9 Å². The molecule has 0 atom stereocenters. The number of carbonyl (C=O) groups is 1. The second-order valence-electron chi connectivity index (χ2n) is 8.32. The van der Waals surface area contributed by atoms with Gasteiger partial charge in [0.2, 0.25) is 5.91 Å². The summed E-state index contributed by atoms with van der Waals surface area (Å²) in [4.78, 5) is 34.4. The molecule has 0 aliphatic carbocycles. The summed E-state index contributed by atoms with van der Waals surface area (Å²) in [5.41, 5.74) is 1.96. The van der Waals surface area contributed by atoms with Gasteiger partial charge in [-0.1, -0.05) is 48.5 Å². The van der Waals surface area contributed by atoms with E-state index in [0.29, 0.717) is 47.9 Å². The third kappa shape index (κ3) is 3.87. The minimum Gasteiger partial charge on any atom is -0.489 e. The number of amides is 1. The Morgan fingerprint density at radius 3 is 2.66 bits per heavy atom. The zero-order valence-electron chi connectivity index (χ0n) is 18.7. The van der Waals surface area contributed by atoms with E-state index in [1.807, 2.05) is 60.7 Å². The molecule has 1 aliphatic rings. The first-order valence-electron chi connectivity index (χ1n) is 11.4. The number of benzene rings is 3. The number of anilines is 1. The lowest BCUT2D eigenvalue weighted by Gasteiger charge is -2.30. The van der Waals surface area contributed by atoms with Gasteiger partial charge in [0, 0.05) is 23.0 Å². The number of hydrogen-bond donors (Lipinski definition) is 1. The van der Waals surface area contributed by atoms with Crippen LogP contribution >= 0.6 is 0 Å². The predicted molar refractivity (Wildman–Crippen MR) is 134 cm³/mol.